The average Bonchev–Trinajstić information content (AvgIpc) is 2.55. The number of rotatable bonds is 6. The van der Waals surface area contributed by atoms with Crippen molar-refractivity contribution in [3.8, 4) is 11.5 Å². The fourth-order valence-corrected chi connectivity index (χ4v) is 1.81. The van der Waals surface area contributed by atoms with Gasteiger partial charge >= 0.3 is 5.69 Å². The lowest BCUT2D eigenvalue weighted by atomic mass is 10.2. The van der Waals surface area contributed by atoms with Crippen LogP contribution in [-0.4, -0.2) is 39.5 Å². The molecule has 0 radical (unpaired) electrons. The maximum absolute atomic E-state index is 11.7. The Balaban J connectivity index is 1.91. The van der Waals surface area contributed by atoms with Crippen LogP contribution in [0.3, 0.4) is 0 Å². The molecule has 2 rings (SSSR count). The number of amides is 1. The summed E-state index contributed by atoms with van der Waals surface area (Å²) >= 11 is 0. The number of hydrogen-bond acceptors (Lipinski definition) is 7. The molecule has 0 aliphatic heterocycles. The van der Waals surface area contributed by atoms with Crippen LogP contribution in [0.1, 0.15) is 17.7 Å². The number of aromatic nitrogens is 3. The molecule has 10 nitrogen and oxygen atoms in total. The van der Waals surface area contributed by atoms with Crippen LogP contribution in [0.4, 0.5) is 0 Å². The summed E-state index contributed by atoms with van der Waals surface area (Å²) in [5.41, 5.74) is 1.32. The Labute approximate surface area is 135 Å². The molecular formula is C14H15N5O5. The first-order chi connectivity index (χ1) is 11.5. The summed E-state index contributed by atoms with van der Waals surface area (Å²) < 4.78 is 4.96. The van der Waals surface area contributed by atoms with E-state index in [1.807, 2.05) is 4.98 Å². The van der Waals surface area contributed by atoms with Gasteiger partial charge in [-0.3, -0.25) is 14.6 Å². The van der Waals surface area contributed by atoms with Gasteiger partial charge in [-0.05, 0) is 12.1 Å². The number of phenols is 1. The molecule has 0 bridgehead atoms. The number of aromatic hydroxyl groups is 1. The molecule has 0 aliphatic carbocycles. The first-order valence-electron chi connectivity index (χ1n) is 6.87. The number of nitrogens with zero attached hydrogens (tertiary/aromatic N) is 2. The first-order valence-corrected chi connectivity index (χ1v) is 6.87. The molecule has 0 atom stereocenters. The average molecular weight is 333 g/mol. The van der Waals surface area contributed by atoms with Crippen molar-refractivity contribution in [2.75, 3.05) is 7.11 Å². The van der Waals surface area contributed by atoms with E-state index in [1.54, 1.807) is 18.2 Å². The second-order valence-corrected chi connectivity index (χ2v) is 4.64. The highest BCUT2D eigenvalue weighted by atomic mass is 16.5. The van der Waals surface area contributed by atoms with Crippen molar-refractivity contribution in [2.45, 2.75) is 12.8 Å². The minimum absolute atomic E-state index is 0.0396. The van der Waals surface area contributed by atoms with Crippen LogP contribution in [0, 0.1) is 0 Å². The Morgan fingerprint density at radius 3 is 2.96 bits per heavy atom. The van der Waals surface area contributed by atoms with E-state index >= 15 is 0 Å². The molecule has 0 saturated heterocycles. The number of nitrogens with one attached hydrogen (secondary N) is 3. The molecule has 24 heavy (non-hydrogen) atoms. The summed E-state index contributed by atoms with van der Waals surface area (Å²) in [6.07, 6.45) is 1.25. The predicted octanol–water partition coefficient (Wildman–Crippen LogP) is -0.745. The van der Waals surface area contributed by atoms with Crippen LogP contribution in [0.2, 0.25) is 0 Å². The molecule has 0 saturated carbocycles. The SMILES string of the molecule is COc1cccc(/C=N\NC(=O)CCc2n[nH]c(=O)[nH]c2=O)c1O. The Kier molecular flexibility index (Phi) is 5.45. The van der Waals surface area contributed by atoms with Crippen molar-refractivity contribution in [3.63, 3.8) is 0 Å². The number of H-pyrrole nitrogens is 2. The normalized spacial score (nSPS) is 10.7. The molecule has 0 aliphatic rings. The number of carbonyl (C=O) groups is 1. The second kappa shape index (κ2) is 7.72. The van der Waals surface area contributed by atoms with Gasteiger partial charge in [0.25, 0.3) is 5.56 Å². The molecule has 2 aromatic rings. The molecule has 0 fully saturated rings. The number of aromatic amines is 2. The van der Waals surface area contributed by atoms with Crippen molar-refractivity contribution < 1.29 is 14.6 Å². The van der Waals surface area contributed by atoms with Gasteiger partial charge in [0.05, 0.1) is 13.3 Å². The summed E-state index contributed by atoms with van der Waals surface area (Å²) in [6.45, 7) is 0. The highest BCUT2D eigenvalue weighted by Gasteiger charge is 2.07. The zero-order valence-electron chi connectivity index (χ0n) is 12.7. The van der Waals surface area contributed by atoms with Crippen molar-refractivity contribution in [1.82, 2.24) is 20.6 Å². The van der Waals surface area contributed by atoms with Gasteiger partial charge < -0.3 is 9.84 Å². The number of para-hydroxylation sites is 1. The van der Waals surface area contributed by atoms with Crippen LogP contribution in [0.15, 0.2) is 32.9 Å². The Morgan fingerprint density at radius 1 is 1.46 bits per heavy atom. The third-order valence-electron chi connectivity index (χ3n) is 3.01. The van der Waals surface area contributed by atoms with Gasteiger partial charge in [-0.15, -0.1) is 0 Å². The molecule has 0 spiro atoms. The van der Waals surface area contributed by atoms with Crippen molar-refractivity contribution in [1.29, 1.82) is 0 Å². The molecule has 1 heterocycles. The fraction of sp³-hybridized carbons (Fsp3) is 0.214. The van der Waals surface area contributed by atoms with E-state index in [4.69, 9.17) is 4.74 Å². The minimum atomic E-state index is -0.712. The standard InChI is InChI=1S/C14H15N5O5/c1-24-10-4-2-3-8(12(10)21)7-15-18-11(20)6-5-9-13(22)16-14(23)19-17-9/h2-4,7,21H,5-6H2,1H3,(H,18,20)(H2,16,19,22,23)/b15-7-. The summed E-state index contributed by atoms with van der Waals surface area (Å²) in [7, 11) is 1.42. The van der Waals surface area contributed by atoms with E-state index in [0.717, 1.165) is 0 Å². The zero-order chi connectivity index (χ0) is 17.5. The number of benzene rings is 1. The minimum Gasteiger partial charge on any atom is -0.504 e. The number of hydrazone groups is 1. The van der Waals surface area contributed by atoms with Gasteiger partial charge in [0.15, 0.2) is 11.5 Å². The summed E-state index contributed by atoms with van der Waals surface area (Å²) in [4.78, 5) is 35.9. The lowest BCUT2D eigenvalue weighted by Crippen LogP contribution is -2.28. The van der Waals surface area contributed by atoms with Gasteiger partial charge in [-0.1, -0.05) is 6.07 Å². The van der Waals surface area contributed by atoms with Crippen LogP contribution in [0.25, 0.3) is 0 Å². The maximum Gasteiger partial charge on any atom is 0.342 e. The molecule has 4 N–H and O–H groups in total. The van der Waals surface area contributed by atoms with Crippen LogP contribution >= 0.6 is 0 Å². The van der Waals surface area contributed by atoms with Crippen molar-refractivity contribution in [3.05, 3.63) is 50.3 Å². The van der Waals surface area contributed by atoms with E-state index in [0.29, 0.717) is 5.56 Å². The first kappa shape index (κ1) is 16.9. The molecule has 1 aromatic carbocycles. The summed E-state index contributed by atoms with van der Waals surface area (Å²) in [6, 6.07) is 4.84. The Morgan fingerprint density at radius 2 is 2.25 bits per heavy atom. The molecule has 10 heteroatoms. The van der Waals surface area contributed by atoms with Crippen molar-refractivity contribution >= 4 is 12.1 Å². The van der Waals surface area contributed by atoms with Crippen LogP contribution < -0.4 is 21.4 Å². The molecule has 126 valence electrons. The lowest BCUT2D eigenvalue weighted by molar-refractivity contribution is -0.121. The third kappa shape index (κ3) is 4.29. The Bertz CT molecular complexity index is 870. The van der Waals surface area contributed by atoms with Crippen LogP contribution in [-0.2, 0) is 11.2 Å². The summed E-state index contributed by atoms with van der Waals surface area (Å²) in [5, 5.41) is 19.2. The van der Waals surface area contributed by atoms with E-state index < -0.39 is 17.2 Å². The number of carbonyl (C=O) groups excluding carboxylic acids is 1. The number of aryl methyl sites for hydroxylation is 1. The van der Waals surface area contributed by atoms with E-state index in [9.17, 15) is 19.5 Å². The smallest absolute Gasteiger partial charge is 0.342 e. The van der Waals surface area contributed by atoms with Gasteiger partial charge in [0.1, 0.15) is 5.69 Å². The van der Waals surface area contributed by atoms with Gasteiger partial charge in [-0.2, -0.15) is 10.2 Å². The van der Waals surface area contributed by atoms with E-state index in [1.165, 1.54) is 13.3 Å². The maximum atomic E-state index is 11.7. The third-order valence-corrected chi connectivity index (χ3v) is 3.01. The number of methoxy groups -OCH3 is 1. The van der Waals surface area contributed by atoms with Crippen LogP contribution in [0.5, 0.6) is 11.5 Å². The monoisotopic (exact) mass is 333 g/mol. The topological polar surface area (TPSA) is 150 Å². The molecular weight excluding hydrogens is 318 g/mol. The van der Waals surface area contributed by atoms with E-state index in [-0.39, 0.29) is 30.0 Å². The predicted molar refractivity (Wildman–Crippen MR) is 84.2 cm³/mol. The quantitative estimate of drug-likeness (QED) is 0.404. The van der Waals surface area contributed by atoms with Gasteiger partial charge in [0, 0.05) is 18.4 Å². The highest BCUT2D eigenvalue weighted by molar-refractivity contribution is 5.86. The largest absolute Gasteiger partial charge is 0.504 e. The number of hydrogen-bond donors (Lipinski definition) is 4. The van der Waals surface area contributed by atoms with E-state index in [2.05, 4.69) is 20.7 Å². The molecule has 1 amide bonds. The molecule has 0 unspecified atom stereocenters. The number of ether oxygens (including phenoxy) is 1. The second-order valence-electron chi connectivity index (χ2n) is 4.64. The van der Waals surface area contributed by atoms with Gasteiger partial charge in [-0.25, -0.2) is 15.3 Å². The molecule has 1 aromatic heterocycles. The fourth-order valence-electron chi connectivity index (χ4n) is 1.81. The summed E-state index contributed by atoms with van der Waals surface area (Å²) in [5.74, 6) is -0.267. The lowest BCUT2D eigenvalue weighted by Gasteiger charge is -2.04. The Hall–Kier alpha value is -3.43. The number of phenolic OH excluding ortho intramolecular Hbond substituents is 1. The zero-order valence-corrected chi connectivity index (χ0v) is 12.7. The van der Waals surface area contributed by atoms with Gasteiger partial charge in [0.2, 0.25) is 5.91 Å². The van der Waals surface area contributed by atoms with Crippen molar-refractivity contribution in [2.24, 2.45) is 5.10 Å². The highest BCUT2D eigenvalue weighted by Crippen LogP contribution is 2.27.